The fourth-order valence-corrected chi connectivity index (χ4v) is 3.94. The highest BCUT2D eigenvalue weighted by Gasteiger charge is 2.41. The van der Waals surface area contributed by atoms with E-state index in [1.807, 2.05) is 25.1 Å². The highest BCUT2D eigenvalue weighted by atomic mass is 16.5. The van der Waals surface area contributed by atoms with E-state index in [-0.39, 0.29) is 17.2 Å². The first-order valence-electron chi connectivity index (χ1n) is 9.56. The molecule has 1 fully saturated rings. The van der Waals surface area contributed by atoms with Crippen molar-refractivity contribution in [3.05, 3.63) is 59.2 Å². The first-order chi connectivity index (χ1) is 13.4. The van der Waals surface area contributed by atoms with Gasteiger partial charge in [0.2, 0.25) is 5.91 Å². The predicted molar refractivity (Wildman–Crippen MR) is 107 cm³/mol. The molecule has 5 nitrogen and oxygen atoms in total. The normalized spacial score (nSPS) is 15.3. The van der Waals surface area contributed by atoms with E-state index in [2.05, 4.69) is 17.5 Å². The Balaban J connectivity index is 1.93. The van der Waals surface area contributed by atoms with Crippen LogP contribution in [0.5, 0.6) is 5.75 Å². The highest BCUT2D eigenvalue weighted by Crippen LogP contribution is 2.41. The molecule has 0 aliphatic heterocycles. The molecule has 0 bridgehead atoms. The fraction of sp³-hybridized carbons (Fsp3) is 0.348. The minimum Gasteiger partial charge on any atom is -0.427 e. The van der Waals surface area contributed by atoms with Crippen LogP contribution in [-0.4, -0.2) is 11.9 Å². The Kier molecular flexibility index (Phi) is 5.79. The van der Waals surface area contributed by atoms with Crippen LogP contribution in [0.4, 0.5) is 5.69 Å². The molecule has 1 saturated carbocycles. The summed E-state index contributed by atoms with van der Waals surface area (Å²) >= 11 is 0. The van der Waals surface area contributed by atoms with Crippen LogP contribution < -0.4 is 10.1 Å². The number of hydrogen-bond acceptors (Lipinski definition) is 4. The third-order valence-electron chi connectivity index (χ3n) is 5.33. The minimum absolute atomic E-state index is 0.0884. The summed E-state index contributed by atoms with van der Waals surface area (Å²) in [5.41, 5.74) is 2.26. The molecule has 0 unspecified atom stereocenters. The second-order valence-electron chi connectivity index (χ2n) is 7.38. The first-order valence-corrected chi connectivity index (χ1v) is 9.56. The second-order valence-corrected chi connectivity index (χ2v) is 7.38. The average Bonchev–Trinajstić information content (AvgIpc) is 2.69. The van der Waals surface area contributed by atoms with Crippen molar-refractivity contribution >= 4 is 17.6 Å². The number of rotatable bonds is 4. The van der Waals surface area contributed by atoms with E-state index < -0.39 is 11.4 Å². The van der Waals surface area contributed by atoms with E-state index in [9.17, 15) is 14.9 Å². The summed E-state index contributed by atoms with van der Waals surface area (Å²) < 4.78 is 5.03. The Labute approximate surface area is 165 Å². The van der Waals surface area contributed by atoms with Crippen molar-refractivity contribution in [1.29, 1.82) is 5.26 Å². The maximum absolute atomic E-state index is 13.4. The number of carbonyl (C=O) groups is 2. The average molecular weight is 376 g/mol. The van der Waals surface area contributed by atoms with Gasteiger partial charge in [-0.1, -0.05) is 49.1 Å². The maximum atomic E-state index is 13.4. The van der Waals surface area contributed by atoms with Crippen molar-refractivity contribution in [1.82, 2.24) is 0 Å². The van der Waals surface area contributed by atoms with Gasteiger partial charge in [-0.15, -0.1) is 0 Å². The van der Waals surface area contributed by atoms with Crippen LogP contribution in [0.1, 0.15) is 55.7 Å². The standard InChI is InChI=1S/C23H24N2O3/c1-16-7-6-8-19(13-16)23(11-4-3-5-12-23)22(27)25-21-10-9-20(28-17(2)26)14-18(21)15-24/h6-10,13-14H,3-5,11-12H2,1-2H3,(H,25,27). The van der Waals surface area contributed by atoms with Gasteiger partial charge in [-0.25, -0.2) is 0 Å². The van der Waals surface area contributed by atoms with Crippen molar-refractivity contribution in [2.45, 2.75) is 51.4 Å². The van der Waals surface area contributed by atoms with E-state index in [0.717, 1.165) is 43.2 Å². The number of carbonyl (C=O) groups excluding carboxylic acids is 2. The summed E-state index contributed by atoms with van der Waals surface area (Å²) in [4.78, 5) is 24.6. The molecule has 5 heteroatoms. The largest absolute Gasteiger partial charge is 0.427 e. The molecule has 0 radical (unpaired) electrons. The van der Waals surface area contributed by atoms with E-state index in [4.69, 9.17) is 4.74 Å². The lowest BCUT2D eigenvalue weighted by molar-refractivity contribution is -0.131. The molecule has 2 aromatic rings. The SMILES string of the molecule is CC(=O)Oc1ccc(NC(=O)C2(c3cccc(C)c3)CCCCC2)c(C#N)c1. The summed E-state index contributed by atoms with van der Waals surface area (Å²) in [5.74, 6) is -0.260. The van der Waals surface area contributed by atoms with Gasteiger partial charge in [0.05, 0.1) is 16.7 Å². The Morgan fingerprint density at radius 2 is 1.86 bits per heavy atom. The van der Waals surface area contributed by atoms with Crippen LogP contribution in [0.3, 0.4) is 0 Å². The van der Waals surface area contributed by atoms with Gasteiger partial charge >= 0.3 is 5.97 Å². The molecule has 1 aliphatic rings. The molecule has 0 atom stereocenters. The molecule has 0 saturated heterocycles. The number of hydrogen-bond donors (Lipinski definition) is 1. The third kappa shape index (κ3) is 4.07. The lowest BCUT2D eigenvalue weighted by Gasteiger charge is -2.36. The predicted octanol–water partition coefficient (Wildman–Crippen LogP) is 4.63. The van der Waals surface area contributed by atoms with Crippen molar-refractivity contribution in [2.24, 2.45) is 0 Å². The summed E-state index contributed by atoms with van der Waals surface area (Å²) in [6.45, 7) is 3.33. The Hall–Kier alpha value is -3.13. The quantitative estimate of drug-likeness (QED) is 0.623. The summed E-state index contributed by atoms with van der Waals surface area (Å²) in [6.07, 6.45) is 4.70. The lowest BCUT2D eigenvalue weighted by Crippen LogP contribution is -2.42. The number of nitrogens with zero attached hydrogens (tertiary/aromatic N) is 1. The molecular weight excluding hydrogens is 352 g/mol. The van der Waals surface area contributed by atoms with Gasteiger partial charge < -0.3 is 10.1 Å². The zero-order chi connectivity index (χ0) is 20.1. The number of aryl methyl sites for hydroxylation is 1. The van der Waals surface area contributed by atoms with Crippen LogP contribution in [0, 0.1) is 18.3 Å². The van der Waals surface area contributed by atoms with Crippen molar-refractivity contribution < 1.29 is 14.3 Å². The monoisotopic (exact) mass is 376 g/mol. The van der Waals surface area contributed by atoms with Gasteiger partial charge in [0.25, 0.3) is 0 Å². The molecule has 0 aromatic heterocycles. The summed E-state index contributed by atoms with van der Waals surface area (Å²) in [6, 6.07) is 14.9. The molecule has 1 N–H and O–H groups in total. The number of esters is 1. The highest BCUT2D eigenvalue weighted by molar-refractivity contribution is 6.00. The lowest BCUT2D eigenvalue weighted by atomic mass is 9.68. The molecule has 1 amide bonds. The zero-order valence-corrected chi connectivity index (χ0v) is 16.2. The Bertz CT molecular complexity index is 937. The Morgan fingerprint density at radius 3 is 2.50 bits per heavy atom. The summed E-state index contributed by atoms with van der Waals surface area (Å²) in [7, 11) is 0. The minimum atomic E-state index is -0.592. The second kappa shape index (κ2) is 8.26. The molecular formula is C23H24N2O3. The zero-order valence-electron chi connectivity index (χ0n) is 16.2. The van der Waals surface area contributed by atoms with Crippen LogP contribution >= 0.6 is 0 Å². The maximum Gasteiger partial charge on any atom is 0.308 e. The molecule has 0 spiro atoms. The fourth-order valence-electron chi connectivity index (χ4n) is 3.94. The third-order valence-corrected chi connectivity index (χ3v) is 5.33. The van der Waals surface area contributed by atoms with Crippen LogP contribution in [-0.2, 0) is 15.0 Å². The first kappa shape index (κ1) is 19.6. The molecule has 144 valence electrons. The number of nitrogens with one attached hydrogen (secondary N) is 1. The topological polar surface area (TPSA) is 79.2 Å². The van der Waals surface area contributed by atoms with Gasteiger partial charge in [0.1, 0.15) is 11.8 Å². The van der Waals surface area contributed by atoms with Crippen LogP contribution in [0.2, 0.25) is 0 Å². The van der Waals surface area contributed by atoms with Crippen molar-refractivity contribution in [3.63, 3.8) is 0 Å². The van der Waals surface area contributed by atoms with Gasteiger partial charge in [0, 0.05) is 13.0 Å². The summed E-state index contributed by atoms with van der Waals surface area (Å²) in [5, 5.41) is 12.4. The van der Waals surface area contributed by atoms with E-state index in [1.54, 1.807) is 12.1 Å². The molecule has 3 rings (SSSR count). The number of ether oxygens (including phenoxy) is 1. The van der Waals surface area contributed by atoms with Crippen molar-refractivity contribution in [2.75, 3.05) is 5.32 Å². The Morgan fingerprint density at radius 1 is 1.11 bits per heavy atom. The van der Waals surface area contributed by atoms with Gasteiger partial charge in [-0.2, -0.15) is 5.26 Å². The number of amides is 1. The van der Waals surface area contributed by atoms with Crippen LogP contribution in [0.25, 0.3) is 0 Å². The van der Waals surface area contributed by atoms with Gasteiger partial charge in [-0.3, -0.25) is 9.59 Å². The molecule has 28 heavy (non-hydrogen) atoms. The molecule has 0 heterocycles. The van der Waals surface area contributed by atoms with Crippen LogP contribution in [0.15, 0.2) is 42.5 Å². The number of benzene rings is 2. The van der Waals surface area contributed by atoms with E-state index in [0.29, 0.717) is 5.69 Å². The van der Waals surface area contributed by atoms with Gasteiger partial charge in [0.15, 0.2) is 0 Å². The number of nitriles is 1. The molecule has 2 aromatic carbocycles. The van der Waals surface area contributed by atoms with Gasteiger partial charge in [-0.05, 0) is 37.5 Å². The van der Waals surface area contributed by atoms with Crippen molar-refractivity contribution in [3.8, 4) is 11.8 Å². The molecule has 1 aliphatic carbocycles. The van der Waals surface area contributed by atoms with E-state index in [1.165, 1.54) is 13.0 Å². The van der Waals surface area contributed by atoms with E-state index >= 15 is 0 Å². The number of anilines is 1. The smallest absolute Gasteiger partial charge is 0.308 e.